The molecule has 0 saturated heterocycles. The van der Waals surface area contributed by atoms with Gasteiger partial charge in [0, 0.05) is 17.6 Å². The third kappa shape index (κ3) is 2.61. The van der Waals surface area contributed by atoms with Crippen molar-refractivity contribution >= 4 is 17.2 Å². The highest BCUT2D eigenvalue weighted by molar-refractivity contribution is 6.09. The molecule has 0 aliphatic heterocycles. The Balaban J connectivity index is 2.26. The number of benzene rings is 1. The lowest BCUT2D eigenvalue weighted by atomic mass is 10.2. The van der Waals surface area contributed by atoms with E-state index in [1.165, 1.54) is 12.3 Å². The van der Waals surface area contributed by atoms with Crippen molar-refractivity contribution in [2.45, 2.75) is 0 Å². The summed E-state index contributed by atoms with van der Waals surface area (Å²) >= 11 is 0. The maximum atomic E-state index is 11.6. The van der Waals surface area contributed by atoms with Gasteiger partial charge in [-0.05, 0) is 30.3 Å². The molecule has 0 aliphatic carbocycles. The van der Waals surface area contributed by atoms with Gasteiger partial charge in [0.05, 0.1) is 11.6 Å². The van der Waals surface area contributed by atoms with Gasteiger partial charge in [-0.15, -0.1) is 0 Å². The van der Waals surface area contributed by atoms with Crippen LogP contribution in [0, 0.1) is 16.7 Å². The second kappa shape index (κ2) is 5.06. The summed E-state index contributed by atoms with van der Waals surface area (Å²) in [5.41, 5.74) is 6.70. The van der Waals surface area contributed by atoms with Crippen molar-refractivity contribution in [3.8, 4) is 6.07 Å². The Morgan fingerprint density at radius 1 is 1.32 bits per heavy atom. The number of rotatable bonds is 2. The van der Waals surface area contributed by atoms with Crippen molar-refractivity contribution in [2.24, 2.45) is 0 Å². The van der Waals surface area contributed by atoms with Crippen LogP contribution in [0.1, 0.15) is 11.1 Å². The molecule has 19 heavy (non-hydrogen) atoms. The van der Waals surface area contributed by atoms with E-state index in [2.05, 4.69) is 10.3 Å². The topological polar surface area (TPSA) is 119 Å². The van der Waals surface area contributed by atoms with Crippen LogP contribution < -0.4 is 16.6 Å². The summed E-state index contributed by atoms with van der Waals surface area (Å²) < 4.78 is 0. The van der Waals surface area contributed by atoms with Gasteiger partial charge in [0.15, 0.2) is 0 Å². The van der Waals surface area contributed by atoms with E-state index < -0.39 is 5.56 Å². The molecule has 0 saturated carbocycles. The predicted octanol–water partition coefficient (Wildman–Crippen LogP) is 1.27. The van der Waals surface area contributed by atoms with E-state index in [9.17, 15) is 4.79 Å². The largest absolute Gasteiger partial charge is 0.398 e. The molecule has 0 aliphatic rings. The van der Waals surface area contributed by atoms with Gasteiger partial charge in [-0.25, -0.2) is 0 Å². The number of anilines is 2. The Labute approximate surface area is 109 Å². The Morgan fingerprint density at radius 2 is 2.00 bits per heavy atom. The van der Waals surface area contributed by atoms with Crippen LogP contribution in [0.3, 0.4) is 0 Å². The van der Waals surface area contributed by atoms with Crippen LogP contribution >= 0.6 is 0 Å². The number of nitrogens with one attached hydrogen (secondary N) is 3. The maximum absolute atomic E-state index is 11.6. The Hall–Kier alpha value is -3.07. The van der Waals surface area contributed by atoms with Gasteiger partial charge in [0.1, 0.15) is 11.4 Å². The number of nitrogens with zero attached hydrogens (tertiary/aromatic N) is 1. The summed E-state index contributed by atoms with van der Waals surface area (Å²) in [6.45, 7) is 0. The second-order valence-corrected chi connectivity index (χ2v) is 3.83. The van der Waals surface area contributed by atoms with E-state index in [4.69, 9.17) is 16.4 Å². The van der Waals surface area contributed by atoms with Gasteiger partial charge in [0.25, 0.3) is 5.56 Å². The summed E-state index contributed by atoms with van der Waals surface area (Å²) in [5, 5.41) is 19.3. The van der Waals surface area contributed by atoms with Crippen LogP contribution in [0.4, 0.5) is 11.4 Å². The molecule has 6 nitrogen and oxygen atoms in total. The molecular formula is C13H11N5O. The number of nitriles is 1. The zero-order valence-electron chi connectivity index (χ0n) is 9.90. The molecule has 0 fully saturated rings. The molecule has 6 heteroatoms. The van der Waals surface area contributed by atoms with E-state index in [1.807, 2.05) is 6.07 Å². The summed E-state index contributed by atoms with van der Waals surface area (Å²) in [6.07, 6.45) is 1.43. The SMILES string of the molecule is N#Cc1ccc(NC(=N)c2c(N)cc[nH]c2=O)cc1. The molecule has 2 rings (SSSR count). The normalized spacial score (nSPS) is 9.63. The highest BCUT2D eigenvalue weighted by Crippen LogP contribution is 2.12. The van der Waals surface area contributed by atoms with E-state index >= 15 is 0 Å². The third-order valence-corrected chi connectivity index (χ3v) is 2.53. The average Bonchev–Trinajstić information content (AvgIpc) is 2.39. The number of hydrogen-bond donors (Lipinski definition) is 4. The van der Waals surface area contributed by atoms with Crippen molar-refractivity contribution in [3.63, 3.8) is 0 Å². The molecule has 0 bridgehead atoms. The van der Waals surface area contributed by atoms with Crippen LogP contribution in [-0.2, 0) is 0 Å². The van der Waals surface area contributed by atoms with Crippen LogP contribution in [0.15, 0.2) is 41.3 Å². The number of nitrogens with two attached hydrogens (primary N) is 1. The fourth-order valence-corrected chi connectivity index (χ4v) is 1.59. The second-order valence-electron chi connectivity index (χ2n) is 3.83. The zero-order valence-corrected chi connectivity index (χ0v) is 9.90. The lowest BCUT2D eigenvalue weighted by Crippen LogP contribution is -2.24. The van der Waals surface area contributed by atoms with Crippen molar-refractivity contribution in [3.05, 3.63) is 58.0 Å². The highest BCUT2D eigenvalue weighted by atomic mass is 16.1. The van der Waals surface area contributed by atoms with Crippen molar-refractivity contribution in [1.82, 2.24) is 4.98 Å². The van der Waals surface area contributed by atoms with Crippen LogP contribution in [0.5, 0.6) is 0 Å². The first-order chi connectivity index (χ1) is 9.11. The monoisotopic (exact) mass is 253 g/mol. The number of H-pyrrole nitrogens is 1. The molecule has 1 heterocycles. The van der Waals surface area contributed by atoms with E-state index in [-0.39, 0.29) is 17.1 Å². The lowest BCUT2D eigenvalue weighted by molar-refractivity contribution is 1.22. The van der Waals surface area contributed by atoms with E-state index in [0.717, 1.165) is 0 Å². The summed E-state index contributed by atoms with van der Waals surface area (Å²) in [6, 6.07) is 10.1. The molecule has 0 unspecified atom stereocenters. The Bertz CT molecular complexity index is 709. The summed E-state index contributed by atoms with van der Waals surface area (Å²) in [7, 11) is 0. The smallest absolute Gasteiger partial charge is 0.261 e. The molecule has 5 N–H and O–H groups in total. The number of hydrogen-bond acceptors (Lipinski definition) is 4. The quantitative estimate of drug-likeness (QED) is 0.476. The first kappa shape index (κ1) is 12.4. The number of nitrogen functional groups attached to an aromatic ring is 1. The minimum absolute atomic E-state index is 0.0897. The molecule has 1 aromatic heterocycles. The number of aromatic nitrogens is 1. The fourth-order valence-electron chi connectivity index (χ4n) is 1.59. The number of amidine groups is 1. The average molecular weight is 253 g/mol. The van der Waals surface area contributed by atoms with Gasteiger partial charge in [0.2, 0.25) is 0 Å². The maximum Gasteiger partial charge on any atom is 0.261 e. The Kier molecular flexibility index (Phi) is 3.30. The predicted molar refractivity (Wildman–Crippen MR) is 73.1 cm³/mol. The number of pyridine rings is 1. The van der Waals surface area contributed by atoms with Crippen molar-refractivity contribution in [2.75, 3.05) is 11.1 Å². The standard InChI is InChI=1S/C13H11N5O/c14-7-8-1-3-9(4-2-8)18-12(16)11-10(15)5-6-17-13(11)19/h1-6H,(H2,16,18)(H3,15,17,19). The minimum atomic E-state index is -0.425. The zero-order chi connectivity index (χ0) is 13.8. The summed E-state index contributed by atoms with van der Waals surface area (Å²) in [5.74, 6) is -0.0935. The molecule has 0 atom stereocenters. The molecule has 2 aromatic rings. The molecule has 94 valence electrons. The fraction of sp³-hybridized carbons (Fsp3) is 0. The van der Waals surface area contributed by atoms with Crippen molar-refractivity contribution < 1.29 is 0 Å². The van der Waals surface area contributed by atoms with Gasteiger partial charge < -0.3 is 16.0 Å². The molecule has 0 amide bonds. The third-order valence-electron chi connectivity index (χ3n) is 2.53. The van der Waals surface area contributed by atoms with Gasteiger partial charge in [-0.1, -0.05) is 0 Å². The molecular weight excluding hydrogens is 242 g/mol. The molecule has 1 aromatic carbocycles. The van der Waals surface area contributed by atoms with Crippen LogP contribution in [-0.4, -0.2) is 10.8 Å². The van der Waals surface area contributed by atoms with Crippen LogP contribution in [0.25, 0.3) is 0 Å². The number of aromatic amines is 1. The van der Waals surface area contributed by atoms with Crippen LogP contribution in [0.2, 0.25) is 0 Å². The van der Waals surface area contributed by atoms with Crippen molar-refractivity contribution in [1.29, 1.82) is 10.7 Å². The van der Waals surface area contributed by atoms with Gasteiger partial charge >= 0.3 is 0 Å². The highest BCUT2D eigenvalue weighted by Gasteiger charge is 2.10. The lowest BCUT2D eigenvalue weighted by Gasteiger charge is -2.09. The van der Waals surface area contributed by atoms with E-state index in [0.29, 0.717) is 11.3 Å². The molecule has 0 radical (unpaired) electrons. The first-order valence-electron chi connectivity index (χ1n) is 5.45. The van der Waals surface area contributed by atoms with Gasteiger partial charge in [-0.2, -0.15) is 5.26 Å². The van der Waals surface area contributed by atoms with E-state index in [1.54, 1.807) is 24.3 Å². The van der Waals surface area contributed by atoms with Gasteiger partial charge in [-0.3, -0.25) is 10.2 Å². The minimum Gasteiger partial charge on any atom is -0.398 e. The Morgan fingerprint density at radius 3 is 2.58 bits per heavy atom. The first-order valence-corrected chi connectivity index (χ1v) is 5.45. The summed E-state index contributed by atoms with van der Waals surface area (Å²) in [4.78, 5) is 14.1. The molecule has 0 spiro atoms.